The number of fused-ring (bicyclic) bond motifs is 1. The molecule has 0 saturated carbocycles. The van der Waals surface area contributed by atoms with Gasteiger partial charge >= 0.3 is 0 Å². The van der Waals surface area contributed by atoms with Crippen molar-refractivity contribution in [2.24, 2.45) is 0 Å². The zero-order valence-electron chi connectivity index (χ0n) is 11.5. The lowest BCUT2D eigenvalue weighted by atomic mass is 10.2. The second-order valence-electron chi connectivity index (χ2n) is 4.99. The Bertz CT molecular complexity index is 713. The van der Waals surface area contributed by atoms with Crippen LogP contribution in [0.15, 0.2) is 54.7 Å². The Hall–Kier alpha value is -2.42. The molecule has 0 bridgehead atoms. The summed E-state index contributed by atoms with van der Waals surface area (Å²) in [6.45, 7) is 3.58. The monoisotopic (exact) mass is 266 g/mol. The first-order valence-corrected chi connectivity index (χ1v) is 6.76. The van der Waals surface area contributed by atoms with Gasteiger partial charge in [-0.1, -0.05) is 12.1 Å². The number of ether oxygens (including phenoxy) is 1. The minimum atomic E-state index is 0.641. The molecule has 2 N–H and O–H groups in total. The molecule has 0 spiro atoms. The van der Waals surface area contributed by atoms with Gasteiger partial charge in [-0.3, -0.25) is 0 Å². The summed E-state index contributed by atoms with van der Waals surface area (Å²) in [5.41, 5.74) is 8.93. The number of benzene rings is 2. The summed E-state index contributed by atoms with van der Waals surface area (Å²) in [6, 6.07) is 16.1. The number of aryl methyl sites for hydroxylation is 1. The smallest absolute Gasteiger partial charge is 0.119 e. The maximum Gasteiger partial charge on any atom is 0.119 e. The van der Waals surface area contributed by atoms with Crippen molar-refractivity contribution >= 4 is 16.6 Å². The van der Waals surface area contributed by atoms with E-state index in [4.69, 9.17) is 10.5 Å². The van der Waals surface area contributed by atoms with Gasteiger partial charge in [-0.2, -0.15) is 0 Å². The first-order valence-electron chi connectivity index (χ1n) is 6.76. The molecule has 102 valence electrons. The van der Waals surface area contributed by atoms with Gasteiger partial charge in [0.1, 0.15) is 12.4 Å². The van der Waals surface area contributed by atoms with Gasteiger partial charge in [0.15, 0.2) is 0 Å². The summed E-state index contributed by atoms with van der Waals surface area (Å²) in [5, 5.41) is 1.27. The van der Waals surface area contributed by atoms with Crippen LogP contribution >= 0.6 is 0 Å². The average Bonchev–Trinajstić information content (AvgIpc) is 2.84. The molecule has 3 heteroatoms. The van der Waals surface area contributed by atoms with Gasteiger partial charge < -0.3 is 15.0 Å². The van der Waals surface area contributed by atoms with E-state index in [1.165, 1.54) is 16.5 Å². The lowest BCUT2D eigenvalue weighted by Gasteiger charge is -2.09. The molecule has 0 atom stereocenters. The molecular formula is C17H18N2O. The van der Waals surface area contributed by atoms with E-state index in [2.05, 4.69) is 42.0 Å². The second-order valence-corrected chi connectivity index (χ2v) is 4.99. The molecule has 0 aliphatic heterocycles. The van der Waals surface area contributed by atoms with Crippen molar-refractivity contribution in [3.8, 4) is 5.75 Å². The molecule has 1 aromatic heterocycles. The summed E-state index contributed by atoms with van der Waals surface area (Å²) in [6.07, 6.45) is 2.11. The Kier molecular flexibility index (Phi) is 3.33. The van der Waals surface area contributed by atoms with Crippen molar-refractivity contribution in [3.63, 3.8) is 0 Å². The van der Waals surface area contributed by atoms with E-state index in [9.17, 15) is 0 Å². The SMILES string of the molecule is Cc1ccc2ccn(CCOc3ccc(N)cc3)c2c1. The normalized spacial score (nSPS) is 10.8. The number of hydrogen-bond acceptors (Lipinski definition) is 2. The Morgan fingerprint density at radius 1 is 1.05 bits per heavy atom. The van der Waals surface area contributed by atoms with E-state index >= 15 is 0 Å². The van der Waals surface area contributed by atoms with Crippen LogP contribution in [0, 0.1) is 6.92 Å². The highest BCUT2D eigenvalue weighted by atomic mass is 16.5. The van der Waals surface area contributed by atoms with E-state index in [0.717, 1.165) is 18.0 Å². The zero-order valence-corrected chi connectivity index (χ0v) is 11.5. The van der Waals surface area contributed by atoms with E-state index in [0.29, 0.717) is 6.61 Å². The quantitative estimate of drug-likeness (QED) is 0.733. The summed E-state index contributed by atoms with van der Waals surface area (Å²) in [4.78, 5) is 0. The van der Waals surface area contributed by atoms with Crippen LogP contribution in [-0.4, -0.2) is 11.2 Å². The molecule has 0 radical (unpaired) electrons. The third-order valence-corrected chi connectivity index (χ3v) is 3.41. The van der Waals surface area contributed by atoms with Crippen LogP contribution in [0.1, 0.15) is 5.56 Å². The molecule has 3 aromatic rings. The van der Waals surface area contributed by atoms with Gasteiger partial charge in [-0.15, -0.1) is 0 Å². The van der Waals surface area contributed by atoms with Crippen LogP contribution in [0.4, 0.5) is 5.69 Å². The van der Waals surface area contributed by atoms with Crippen LogP contribution in [0.2, 0.25) is 0 Å². The third kappa shape index (κ3) is 2.62. The predicted molar refractivity (Wildman–Crippen MR) is 83.0 cm³/mol. The van der Waals surface area contributed by atoms with Crippen molar-refractivity contribution in [1.82, 2.24) is 4.57 Å². The lowest BCUT2D eigenvalue weighted by Crippen LogP contribution is -2.07. The van der Waals surface area contributed by atoms with Crippen molar-refractivity contribution in [1.29, 1.82) is 0 Å². The van der Waals surface area contributed by atoms with Crippen LogP contribution in [0.3, 0.4) is 0 Å². The van der Waals surface area contributed by atoms with Crippen LogP contribution in [-0.2, 0) is 6.54 Å². The number of rotatable bonds is 4. The number of hydrogen-bond donors (Lipinski definition) is 1. The average molecular weight is 266 g/mol. The molecule has 3 rings (SSSR count). The fraction of sp³-hybridized carbons (Fsp3) is 0.176. The molecule has 2 aromatic carbocycles. The lowest BCUT2D eigenvalue weighted by molar-refractivity contribution is 0.300. The Labute approximate surface area is 118 Å². The molecule has 20 heavy (non-hydrogen) atoms. The minimum Gasteiger partial charge on any atom is -0.492 e. The number of nitrogens with zero attached hydrogens (tertiary/aromatic N) is 1. The first kappa shape index (κ1) is 12.6. The highest BCUT2D eigenvalue weighted by Gasteiger charge is 2.01. The fourth-order valence-electron chi connectivity index (χ4n) is 2.31. The summed E-state index contributed by atoms with van der Waals surface area (Å²) >= 11 is 0. The molecule has 3 nitrogen and oxygen atoms in total. The molecule has 0 saturated heterocycles. The van der Waals surface area contributed by atoms with Gasteiger partial charge in [0.25, 0.3) is 0 Å². The second kappa shape index (κ2) is 5.29. The molecule has 0 aliphatic carbocycles. The molecule has 1 heterocycles. The molecule has 0 aliphatic rings. The third-order valence-electron chi connectivity index (χ3n) is 3.41. The van der Waals surface area contributed by atoms with Gasteiger partial charge in [-0.05, 0) is 54.3 Å². The van der Waals surface area contributed by atoms with Gasteiger partial charge in [-0.25, -0.2) is 0 Å². The first-order chi connectivity index (χ1) is 9.72. The van der Waals surface area contributed by atoms with Crippen molar-refractivity contribution in [2.75, 3.05) is 12.3 Å². The van der Waals surface area contributed by atoms with Gasteiger partial charge in [0, 0.05) is 17.4 Å². The fourth-order valence-corrected chi connectivity index (χ4v) is 2.31. The molecule has 0 fully saturated rings. The van der Waals surface area contributed by atoms with E-state index < -0.39 is 0 Å². The minimum absolute atomic E-state index is 0.641. The van der Waals surface area contributed by atoms with Crippen LogP contribution < -0.4 is 10.5 Å². The number of aromatic nitrogens is 1. The topological polar surface area (TPSA) is 40.2 Å². The largest absolute Gasteiger partial charge is 0.492 e. The Balaban J connectivity index is 1.68. The predicted octanol–water partition coefficient (Wildman–Crippen LogP) is 3.61. The highest BCUT2D eigenvalue weighted by Crippen LogP contribution is 2.18. The van der Waals surface area contributed by atoms with Crippen molar-refractivity contribution in [2.45, 2.75) is 13.5 Å². The number of nitrogens with two attached hydrogens (primary N) is 1. The standard InChI is InChI=1S/C17H18N2O/c1-13-2-3-14-8-9-19(17(14)12-13)10-11-20-16-6-4-15(18)5-7-16/h2-9,12H,10-11,18H2,1H3. The molecular weight excluding hydrogens is 248 g/mol. The summed E-state index contributed by atoms with van der Waals surface area (Å²) in [5.74, 6) is 0.854. The Morgan fingerprint density at radius 3 is 2.65 bits per heavy atom. The van der Waals surface area contributed by atoms with Gasteiger partial charge in [0.05, 0.1) is 6.54 Å². The number of nitrogen functional groups attached to an aromatic ring is 1. The van der Waals surface area contributed by atoms with E-state index in [1.807, 2.05) is 24.3 Å². The summed E-state index contributed by atoms with van der Waals surface area (Å²) < 4.78 is 7.96. The Morgan fingerprint density at radius 2 is 1.85 bits per heavy atom. The van der Waals surface area contributed by atoms with Crippen LogP contribution in [0.25, 0.3) is 10.9 Å². The van der Waals surface area contributed by atoms with Gasteiger partial charge in [0.2, 0.25) is 0 Å². The summed E-state index contributed by atoms with van der Waals surface area (Å²) in [7, 11) is 0. The molecule has 0 amide bonds. The highest BCUT2D eigenvalue weighted by molar-refractivity contribution is 5.80. The number of anilines is 1. The maximum atomic E-state index is 5.74. The van der Waals surface area contributed by atoms with Crippen molar-refractivity contribution < 1.29 is 4.74 Å². The van der Waals surface area contributed by atoms with Crippen molar-refractivity contribution in [3.05, 3.63) is 60.3 Å². The molecule has 0 unspecified atom stereocenters. The van der Waals surface area contributed by atoms with E-state index in [-0.39, 0.29) is 0 Å². The maximum absolute atomic E-state index is 5.74. The van der Waals surface area contributed by atoms with E-state index in [1.54, 1.807) is 0 Å². The van der Waals surface area contributed by atoms with Crippen LogP contribution in [0.5, 0.6) is 5.75 Å². The zero-order chi connectivity index (χ0) is 13.9.